The van der Waals surface area contributed by atoms with E-state index in [2.05, 4.69) is 80.1 Å². The third-order valence-electron chi connectivity index (χ3n) is 2.59. The molecule has 1 heterocycles. The van der Waals surface area contributed by atoms with Crippen molar-refractivity contribution in [3.63, 3.8) is 0 Å². The Hall–Kier alpha value is 0.0500. The van der Waals surface area contributed by atoms with Gasteiger partial charge in [0.1, 0.15) is 0 Å². The van der Waals surface area contributed by atoms with Crippen molar-refractivity contribution < 1.29 is 0 Å². The lowest BCUT2D eigenvalue weighted by Gasteiger charge is -2.08. The molecule has 2 nitrogen and oxygen atoms in total. The van der Waals surface area contributed by atoms with E-state index in [-0.39, 0.29) is 0 Å². The quantitative estimate of drug-likeness (QED) is 0.375. The molecule has 2 aromatic carbocycles. The van der Waals surface area contributed by atoms with Crippen molar-refractivity contribution in [2.24, 2.45) is 0 Å². The number of benzene rings is 2. The van der Waals surface area contributed by atoms with E-state index in [9.17, 15) is 0 Å². The molecule has 0 amide bonds. The Bertz CT molecular complexity index is 777. The first-order chi connectivity index (χ1) is 9.52. The lowest BCUT2D eigenvalue weighted by molar-refractivity contribution is 1.42. The number of nitrogens with zero attached hydrogens (tertiary/aromatic N) is 1. The average molecular weight is 542 g/mol. The van der Waals surface area contributed by atoms with Crippen LogP contribution in [0.4, 0.5) is 10.8 Å². The second-order valence-electron chi connectivity index (χ2n) is 4.00. The van der Waals surface area contributed by atoms with E-state index in [1.54, 1.807) is 11.3 Å². The van der Waals surface area contributed by atoms with Gasteiger partial charge in [0.05, 0.1) is 15.9 Å². The molecule has 0 saturated carbocycles. The monoisotopic (exact) mass is 538 g/mol. The standard InChI is InChI=1S/C13H6Br4N2S/c14-6-1-2-11-10(5-6)18-13(20-11)19-12-8(16)3-7(15)4-9(12)17/h1-5H,(H,18,19). The number of nitrogens with one attached hydrogen (secondary N) is 1. The molecule has 0 aliphatic carbocycles. The normalized spacial score (nSPS) is 11.0. The largest absolute Gasteiger partial charge is 0.330 e. The molecule has 0 unspecified atom stereocenters. The first-order valence-corrected chi connectivity index (χ1v) is 9.49. The third-order valence-corrected chi connectivity index (χ3v) is 5.74. The van der Waals surface area contributed by atoms with Crippen LogP contribution in [0.2, 0.25) is 0 Å². The van der Waals surface area contributed by atoms with Crippen molar-refractivity contribution in [3.8, 4) is 0 Å². The minimum atomic E-state index is 0.863. The van der Waals surface area contributed by atoms with Crippen LogP contribution in [0, 0.1) is 0 Å². The van der Waals surface area contributed by atoms with E-state index in [0.29, 0.717) is 0 Å². The van der Waals surface area contributed by atoms with Crippen molar-refractivity contribution in [1.29, 1.82) is 0 Å². The molecule has 0 aliphatic rings. The molecule has 3 aromatic rings. The van der Waals surface area contributed by atoms with E-state index in [1.165, 1.54) is 0 Å². The van der Waals surface area contributed by atoms with Crippen LogP contribution in [0.5, 0.6) is 0 Å². The highest BCUT2D eigenvalue weighted by molar-refractivity contribution is 9.11. The van der Waals surface area contributed by atoms with E-state index < -0.39 is 0 Å². The number of hydrogen-bond donors (Lipinski definition) is 1. The number of rotatable bonds is 2. The van der Waals surface area contributed by atoms with Gasteiger partial charge in [-0.3, -0.25) is 0 Å². The minimum Gasteiger partial charge on any atom is -0.330 e. The van der Waals surface area contributed by atoms with Crippen LogP contribution in [0.3, 0.4) is 0 Å². The molecule has 1 N–H and O–H groups in total. The summed E-state index contributed by atoms with van der Waals surface area (Å²) in [6, 6.07) is 10.1. The number of aromatic nitrogens is 1. The predicted octanol–water partition coefficient (Wildman–Crippen LogP) is 7.09. The highest BCUT2D eigenvalue weighted by atomic mass is 79.9. The van der Waals surface area contributed by atoms with Crippen molar-refractivity contribution in [3.05, 3.63) is 48.2 Å². The molecule has 7 heteroatoms. The van der Waals surface area contributed by atoms with Crippen LogP contribution in [-0.4, -0.2) is 4.98 Å². The van der Waals surface area contributed by atoms with E-state index >= 15 is 0 Å². The van der Waals surface area contributed by atoms with Crippen LogP contribution >= 0.6 is 75.1 Å². The summed E-state index contributed by atoms with van der Waals surface area (Å²) in [5.41, 5.74) is 1.95. The highest BCUT2D eigenvalue weighted by Gasteiger charge is 2.10. The zero-order valence-corrected chi connectivity index (χ0v) is 16.9. The SMILES string of the molecule is Brc1cc(Br)c(Nc2nc3cc(Br)ccc3s2)c(Br)c1. The Balaban J connectivity index is 2.01. The van der Waals surface area contributed by atoms with E-state index in [4.69, 9.17) is 0 Å². The van der Waals surface area contributed by atoms with E-state index in [0.717, 1.165) is 38.9 Å². The number of anilines is 2. The topological polar surface area (TPSA) is 24.9 Å². The summed E-state index contributed by atoms with van der Waals surface area (Å²) in [6.07, 6.45) is 0. The summed E-state index contributed by atoms with van der Waals surface area (Å²) in [5.74, 6) is 0. The zero-order valence-electron chi connectivity index (χ0n) is 9.75. The second-order valence-corrected chi connectivity index (χ2v) is 8.57. The summed E-state index contributed by atoms with van der Waals surface area (Å²) in [6.45, 7) is 0. The summed E-state index contributed by atoms with van der Waals surface area (Å²) >= 11 is 15.7. The van der Waals surface area contributed by atoms with Crippen LogP contribution in [0.1, 0.15) is 0 Å². The van der Waals surface area contributed by atoms with Gasteiger partial charge in [-0.25, -0.2) is 4.98 Å². The molecule has 0 radical (unpaired) electrons. The molecule has 1 aromatic heterocycles. The Morgan fingerprint density at radius 3 is 2.30 bits per heavy atom. The van der Waals surface area contributed by atoms with Gasteiger partial charge < -0.3 is 5.32 Å². The van der Waals surface area contributed by atoms with Crippen LogP contribution in [0.25, 0.3) is 10.2 Å². The third kappa shape index (κ3) is 3.11. The molecule has 0 atom stereocenters. The molecule has 3 rings (SSSR count). The molecule has 0 saturated heterocycles. The molecular formula is C13H6Br4N2S. The van der Waals surface area contributed by atoms with Crippen molar-refractivity contribution >= 4 is 96.1 Å². The Morgan fingerprint density at radius 1 is 0.900 bits per heavy atom. The number of hydrogen-bond acceptors (Lipinski definition) is 3. The van der Waals surface area contributed by atoms with Crippen molar-refractivity contribution in [1.82, 2.24) is 4.98 Å². The van der Waals surface area contributed by atoms with Gasteiger partial charge in [-0.05, 0) is 62.2 Å². The van der Waals surface area contributed by atoms with Gasteiger partial charge in [0.15, 0.2) is 5.13 Å². The van der Waals surface area contributed by atoms with Crippen LogP contribution in [0.15, 0.2) is 48.2 Å². The molecule has 0 spiro atoms. The van der Waals surface area contributed by atoms with E-state index in [1.807, 2.05) is 24.3 Å². The first kappa shape index (κ1) is 15.0. The molecule has 102 valence electrons. The maximum Gasteiger partial charge on any atom is 0.188 e. The Morgan fingerprint density at radius 2 is 1.60 bits per heavy atom. The second kappa shape index (κ2) is 6.04. The molecule has 0 bridgehead atoms. The van der Waals surface area contributed by atoms with Crippen LogP contribution < -0.4 is 5.32 Å². The smallest absolute Gasteiger partial charge is 0.188 e. The minimum absolute atomic E-state index is 0.863. The molecular weight excluding hydrogens is 536 g/mol. The van der Waals surface area contributed by atoms with Gasteiger partial charge in [-0.2, -0.15) is 0 Å². The van der Waals surface area contributed by atoms with Gasteiger partial charge in [0.2, 0.25) is 0 Å². The highest BCUT2D eigenvalue weighted by Crippen LogP contribution is 2.38. The van der Waals surface area contributed by atoms with Crippen molar-refractivity contribution in [2.45, 2.75) is 0 Å². The number of fused-ring (bicyclic) bond motifs is 1. The average Bonchev–Trinajstić information content (AvgIpc) is 2.75. The maximum absolute atomic E-state index is 4.60. The fraction of sp³-hybridized carbons (Fsp3) is 0. The fourth-order valence-electron chi connectivity index (χ4n) is 1.72. The maximum atomic E-state index is 4.60. The molecule has 0 fully saturated rings. The molecule has 0 aliphatic heterocycles. The summed E-state index contributed by atoms with van der Waals surface area (Å²) in [7, 11) is 0. The Kier molecular flexibility index (Phi) is 4.52. The lowest BCUT2D eigenvalue weighted by atomic mass is 10.3. The molecule has 20 heavy (non-hydrogen) atoms. The first-order valence-electron chi connectivity index (χ1n) is 5.50. The predicted molar refractivity (Wildman–Crippen MR) is 100 cm³/mol. The van der Waals surface area contributed by atoms with Crippen molar-refractivity contribution in [2.75, 3.05) is 5.32 Å². The number of thiazole rings is 1. The summed E-state index contributed by atoms with van der Waals surface area (Å²) in [5, 5.41) is 4.22. The van der Waals surface area contributed by atoms with Gasteiger partial charge >= 0.3 is 0 Å². The van der Waals surface area contributed by atoms with Gasteiger partial charge in [0.25, 0.3) is 0 Å². The summed E-state index contributed by atoms with van der Waals surface area (Å²) in [4.78, 5) is 4.60. The van der Waals surface area contributed by atoms with Gasteiger partial charge in [-0.1, -0.05) is 43.2 Å². The fourth-order valence-corrected chi connectivity index (χ4v) is 5.38. The Labute approximate surface area is 153 Å². The van der Waals surface area contributed by atoms with Gasteiger partial charge in [0, 0.05) is 17.9 Å². The zero-order chi connectivity index (χ0) is 14.3. The summed E-state index contributed by atoms with van der Waals surface area (Å²) < 4.78 is 5.14. The lowest BCUT2D eigenvalue weighted by Crippen LogP contribution is -1.92. The number of halogens is 4. The van der Waals surface area contributed by atoms with Gasteiger partial charge in [-0.15, -0.1) is 0 Å². The van der Waals surface area contributed by atoms with Crippen LogP contribution in [-0.2, 0) is 0 Å².